The van der Waals surface area contributed by atoms with Crippen LogP contribution in [0.4, 0.5) is 0 Å². The van der Waals surface area contributed by atoms with E-state index in [1.54, 1.807) is 6.20 Å². The number of amides is 2. The fourth-order valence-electron chi connectivity index (χ4n) is 3.08. The average molecular weight is 435 g/mol. The second-order valence-electron chi connectivity index (χ2n) is 7.03. The SMILES string of the molecule is C=CNN(C)C[C@@H](C)C(=O)N(CCCCc1ccccc1)CC(C)NC=O.CC.CC. The number of nitrogens with one attached hydrogen (secondary N) is 2. The fourth-order valence-corrected chi connectivity index (χ4v) is 3.08. The monoisotopic (exact) mass is 434 g/mol. The van der Waals surface area contributed by atoms with Crippen molar-refractivity contribution in [2.45, 2.75) is 66.8 Å². The molecule has 0 aliphatic rings. The minimum absolute atomic E-state index is 0.0724. The van der Waals surface area contributed by atoms with Crippen molar-refractivity contribution in [2.24, 2.45) is 5.92 Å². The number of hydrazine groups is 1. The van der Waals surface area contributed by atoms with Gasteiger partial charge in [-0.2, -0.15) is 0 Å². The van der Waals surface area contributed by atoms with Crippen molar-refractivity contribution >= 4 is 12.3 Å². The molecule has 1 unspecified atom stereocenters. The van der Waals surface area contributed by atoms with Gasteiger partial charge in [0.05, 0.1) is 0 Å². The molecular formula is C25H46N4O2. The van der Waals surface area contributed by atoms with E-state index >= 15 is 0 Å². The maximum atomic E-state index is 12.9. The highest BCUT2D eigenvalue weighted by Gasteiger charge is 2.22. The summed E-state index contributed by atoms with van der Waals surface area (Å²) in [5.74, 6) is -0.0491. The van der Waals surface area contributed by atoms with Crippen LogP contribution in [0.2, 0.25) is 0 Å². The average Bonchev–Trinajstić information content (AvgIpc) is 2.79. The van der Waals surface area contributed by atoms with Gasteiger partial charge in [0.1, 0.15) is 0 Å². The van der Waals surface area contributed by atoms with Crippen molar-refractivity contribution in [1.82, 2.24) is 20.7 Å². The Morgan fingerprint density at radius 3 is 2.23 bits per heavy atom. The molecule has 6 nitrogen and oxygen atoms in total. The summed E-state index contributed by atoms with van der Waals surface area (Å²) in [5, 5.41) is 4.58. The highest BCUT2D eigenvalue weighted by atomic mass is 16.2. The topological polar surface area (TPSA) is 64.7 Å². The van der Waals surface area contributed by atoms with Crippen LogP contribution in [0.1, 0.15) is 59.9 Å². The molecule has 0 spiro atoms. The molecule has 2 atom stereocenters. The van der Waals surface area contributed by atoms with Gasteiger partial charge in [-0.3, -0.25) is 9.59 Å². The van der Waals surface area contributed by atoms with Crippen molar-refractivity contribution in [3.63, 3.8) is 0 Å². The number of carbonyl (C=O) groups excluding carboxylic acids is 2. The zero-order valence-electron chi connectivity index (χ0n) is 20.9. The minimum Gasteiger partial charge on any atom is -0.354 e. The molecule has 2 amide bonds. The molecule has 178 valence electrons. The highest BCUT2D eigenvalue weighted by Crippen LogP contribution is 2.09. The summed E-state index contributed by atoms with van der Waals surface area (Å²) in [5.41, 5.74) is 4.29. The van der Waals surface area contributed by atoms with E-state index in [1.807, 2.05) is 76.7 Å². The van der Waals surface area contributed by atoms with Gasteiger partial charge >= 0.3 is 0 Å². The van der Waals surface area contributed by atoms with Crippen LogP contribution >= 0.6 is 0 Å². The standard InChI is InChI=1S/C21H34N4O2.2C2H6/c1-5-23-24(4)15-18(2)21(27)25(16-19(3)22-17-26)14-10-9-13-20-11-7-6-8-12-20;2*1-2/h5-8,11-12,17-19,23H,1,9-10,13-16H2,2-4H3,(H,22,26);2*1-2H3/t18-,19?;;/m1../s1. The summed E-state index contributed by atoms with van der Waals surface area (Å²) in [6.45, 7) is 17.3. The Hall–Kier alpha value is -2.34. The van der Waals surface area contributed by atoms with Crippen molar-refractivity contribution < 1.29 is 9.59 Å². The number of unbranched alkanes of at least 4 members (excludes halogenated alkanes) is 1. The molecule has 0 bridgehead atoms. The van der Waals surface area contributed by atoms with Gasteiger partial charge in [-0.1, -0.05) is 71.5 Å². The number of hydrogen-bond donors (Lipinski definition) is 2. The molecule has 0 fully saturated rings. The van der Waals surface area contributed by atoms with Crippen molar-refractivity contribution in [3.05, 3.63) is 48.7 Å². The van der Waals surface area contributed by atoms with Crippen LogP contribution < -0.4 is 10.7 Å². The second-order valence-corrected chi connectivity index (χ2v) is 7.03. The van der Waals surface area contributed by atoms with Crippen LogP contribution in [0.25, 0.3) is 0 Å². The number of aryl methyl sites for hydroxylation is 1. The first-order chi connectivity index (χ1) is 15.0. The number of benzene rings is 1. The van der Waals surface area contributed by atoms with Crippen molar-refractivity contribution in [1.29, 1.82) is 0 Å². The predicted molar refractivity (Wildman–Crippen MR) is 132 cm³/mol. The van der Waals surface area contributed by atoms with Crippen LogP contribution in [0.5, 0.6) is 0 Å². The molecule has 1 aromatic rings. The third-order valence-corrected chi connectivity index (χ3v) is 4.43. The normalized spacial score (nSPS) is 11.6. The molecule has 31 heavy (non-hydrogen) atoms. The molecule has 0 saturated heterocycles. The molecule has 0 saturated carbocycles. The summed E-state index contributed by atoms with van der Waals surface area (Å²) >= 11 is 0. The Bertz CT molecular complexity index is 566. The second kappa shape index (κ2) is 20.9. The number of rotatable bonds is 14. The van der Waals surface area contributed by atoms with Crippen LogP contribution in [-0.2, 0) is 16.0 Å². The van der Waals surface area contributed by atoms with E-state index in [1.165, 1.54) is 5.56 Å². The van der Waals surface area contributed by atoms with Crippen molar-refractivity contribution in [2.75, 3.05) is 26.7 Å². The van der Waals surface area contributed by atoms with E-state index in [9.17, 15) is 9.59 Å². The van der Waals surface area contributed by atoms with Gasteiger partial charge < -0.3 is 15.6 Å². The van der Waals surface area contributed by atoms with E-state index in [0.29, 0.717) is 26.0 Å². The molecule has 1 aromatic carbocycles. The van der Waals surface area contributed by atoms with E-state index < -0.39 is 0 Å². The van der Waals surface area contributed by atoms with Gasteiger partial charge in [-0.05, 0) is 31.7 Å². The van der Waals surface area contributed by atoms with Crippen LogP contribution in [-0.4, -0.2) is 54.9 Å². The van der Waals surface area contributed by atoms with Crippen molar-refractivity contribution in [3.8, 4) is 0 Å². The Labute approximate surface area is 191 Å². The molecule has 0 radical (unpaired) electrons. The summed E-state index contributed by atoms with van der Waals surface area (Å²) in [6, 6.07) is 10.3. The Balaban J connectivity index is 0. The molecule has 6 heteroatoms. The molecule has 0 heterocycles. The molecule has 1 rings (SSSR count). The molecule has 0 aromatic heterocycles. The van der Waals surface area contributed by atoms with Gasteiger partial charge in [0, 0.05) is 44.8 Å². The van der Waals surface area contributed by atoms with Gasteiger partial charge in [0.15, 0.2) is 0 Å². The maximum absolute atomic E-state index is 12.9. The minimum atomic E-state index is -0.153. The molecular weight excluding hydrogens is 388 g/mol. The zero-order valence-corrected chi connectivity index (χ0v) is 20.9. The van der Waals surface area contributed by atoms with Gasteiger partial charge in [0.2, 0.25) is 12.3 Å². The lowest BCUT2D eigenvalue weighted by Gasteiger charge is -2.30. The van der Waals surface area contributed by atoms with Crippen LogP contribution in [0.3, 0.4) is 0 Å². The zero-order chi connectivity index (χ0) is 24.1. The summed E-state index contributed by atoms with van der Waals surface area (Å²) in [7, 11) is 1.88. The number of carbonyl (C=O) groups is 2. The molecule has 2 N–H and O–H groups in total. The summed E-state index contributed by atoms with van der Waals surface area (Å²) < 4.78 is 0. The summed E-state index contributed by atoms with van der Waals surface area (Å²) in [4.78, 5) is 25.5. The van der Waals surface area contributed by atoms with Gasteiger partial charge in [-0.25, -0.2) is 5.01 Å². The first-order valence-corrected chi connectivity index (χ1v) is 11.6. The number of hydrogen-bond acceptors (Lipinski definition) is 4. The third kappa shape index (κ3) is 15.2. The lowest BCUT2D eigenvalue weighted by Crippen LogP contribution is -2.47. The lowest BCUT2D eigenvalue weighted by atomic mass is 10.1. The van der Waals surface area contributed by atoms with Crippen LogP contribution in [0, 0.1) is 5.92 Å². The largest absolute Gasteiger partial charge is 0.354 e. The fraction of sp³-hybridized carbons (Fsp3) is 0.600. The number of nitrogens with zero attached hydrogens (tertiary/aromatic N) is 2. The lowest BCUT2D eigenvalue weighted by molar-refractivity contribution is -0.136. The van der Waals surface area contributed by atoms with Gasteiger partial charge in [-0.15, -0.1) is 0 Å². The predicted octanol–water partition coefficient (Wildman–Crippen LogP) is 4.24. The Kier molecular flexibility index (Phi) is 20.8. The quantitative estimate of drug-likeness (QED) is 0.261. The maximum Gasteiger partial charge on any atom is 0.226 e. The first kappa shape index (κ1) is 30.9. The smallest absolute Gasteiger partial charge is 0.226 e. The van der Waals surface area contributed by atoms with E-state index in [-0.39, 0.29) is 17.9 Å². The first-order valence-electron chi connectivity index (χ1n) is 11.6. The Morgan fingerprint density at radius 2 is 1.68 bits per heavy atom. The Morgan fingerprint density at radius 1 is 1.06 bits per heavy atom. The third-order valence-electron chi connectivity index (χ3n) is 4.43. The van der Waals surface area contributed by atoms with E-state index in [4.69, 9.17) is 0 Å². The van der Waals surface area contributed by atoms with Gasteiger partial charge in [0.25, 0.3) is 0 Å². The van der Waals surface area contributed by atoms with Crippen LogP contribution in [0.15, 0.2) is 43.1 Å². The molecule has 0 aliphatic heterocycles. The molecule has 0 aliphatic carbocycles. The van der Waals surface area contributed by atoms with E-state index in [0.717, 1.165) is 19.3 Å². The van der Waals surface area contributed by atoms with E-state index in [2.05, 4.69) is 29.5 Å². The summed E-state index contributed by atoms with van der Waals surface area (Å²) in [6.07, 6.45) is 5.24. The highest BCUT2D eigenvalue weighted by molar-refractivity contribution is 5.78.